The molecule has 2 heterocycles. The number of nitrogens with zero attached hydrogens (tertiary/aromatic N) is 2. The van der Waals surface area contributed by atoms with Crippen molar-refractivity contribution < 1.29 is 26.3 Å². The van der Waals surface area contributed by atoms with Gasteiger partial charge in [-0.2, -0.15) is 17.9 Å². The van der Waals surface area contributed by atoms with Gasteiger partial charge in [-0.3, -0.25) is 4.90 Å². The van der Waals surface area contributed by atoms with Gasteiger partial charge in [-0.25, -0.2) is 13.4 Å². The van der Waals surface area contributed by atoms with Gasteiger partial charge < -0.3 is 4.74 Å². The van der Waals surface area contributed by atoms with Crippen LogP contribution in [-0.2, 0) is 16.6 Å². The Balaban J connectivity index is 0.00000306. The average Bonchev–Trinajstić information content (AvgIpc) is 2.72. The van der Waals surface area contributed by atoms with Crippen LogP contribution in [-0.4, -0.2) is 49.9 Å². The normalized spacial score (nSPS) is 16.3. The molecule has 0 bridgehead atoms. The maximum atomic E-state index is 13.3. The summed E-state index contributed by atoms with van der Waals surface area (Å²) in [6.07, 6.45) is -2.07. The van der Waals surface area contributed by atoms with E-state index in [0.717, 1.165) is 37.2 Å². The molecular weight excluding hydrogens is 526 g/mol. The summed E-state index contributed by atoms with van der Waals surface area (Å²) in [5.41, 5.74) is 1.77. The van der Waals surface area contributed by atoms with Crippen LogP contribution in [0.5, 0.6) is 5.88 Å². The van der Waals surface area contributed by atoms with Gasteiger partial charge in [-0.1, -0.05) is 30.3 Å². The molecular formula is C23H32Cl2F3N3O3S. The Kier molecular flexibility index (Phi) is 11.8. The number of piperidine rings is 1. The molecule has 3 rings (SSSR count). The number of halogens is 5. The van der Waals surface area contributed by atoms with Gasteiger partial charge in [0.1, 0.15) is 6.04 Å². The van der Waals surface area contributed by atoms with Crippen LogP contribution in [0.3, 0.4) is 0 Å². The van der Waals surface area contributed by atoms with Crippen molar-refractivity contribution >= 4 is 34.8 Å². The van der Waals surface area contributed by atoms with Crippen molar-refractivity contribution in [3.63, 3.8) is 0 Å². The van der Waals surface area contributed by atoms with Gasteiger partial charge in [0.25, 0.3) is 0 Å². The van der Waals surface area contributed by atoms with E-state index in [4.69, 9.17) is 4.74 Å². The van der Waals surface area contributed by atoms with Crippen molar-refractivity contribution in [2.45, 2.75) is 57.5 Å². The number of hydrogen-bond donors (Lipinski definition) is 1. The van der Waals surface area contributed by atoms with E-state index in [1.165, 1.54) is 12.1 Å². The number of likely N-dealkylation sites (tertiary alicyclic amines) is 1. The Morgan fingerprint density at radius 1 is 1.09 bits per heavy atom. The van der Waals surface area contributed by atoms with E-state index >= 15 is 0 Å². The average molecular weight is 558 g/mol. The van der Waals surface area contributed by atoms with Crippen molar-refractivity contribution in [1.29, 1.82) is 0 Å². The quantitative estimate of drug-likeness (QED) is 0.480. The zero-order valence-electron chi connectivity index (χ0n) is 19.8. The van der Waals surface area contributed by atoms with Crippen molar-refractivity contribution in [1.82, 2.24) is 14.6 Å². The highest BCUT2D eigenvalue weighted by Gasteiger charge is 2.42. The van der Waals surface area contributed by atoms with E-state index in [1.807, 2.05) is 32.0 Å². The van der Waals surface area contributed by atoms with Gasteiger partial charge in [0, 0.05) is 24.2 Å². The molecule has 12 heteroatoms. The van der Waals surface area contributed by atoms with Crippen LogP contribution >= 0.6 is 24.8 Å². The number of aromatic nitrogens is 1. The highest BCUT2D eigenvalue weighted by Crippen LogP contribution is 2.34. The Labute approximate surface area is 217 Å². The lowest BCUT2D eigenvalue weighted by molar-refractivity contribution is -0.153. The topological polar surface area (TPSA) is 71.5 Å². The maximum Gasteiger partial charge on any atom is 0.408 e. The summed E-state index contributed by atoms with van der Waals surface area (Å²) in [5, 5.41) is 0. The smallest absolute Gasteiger partial charge is 0.408 e. The Hall–Kier alpha value is -1.59. The Bertz CT molecular complexity index is 1030. The lowest BCUT2D eigenvalue weighted by atomic mass is 9.92. The number of alkyl halides is 3. The van der Waals surface area contributed by atoms with Gasteiger partial charge in [0.2, 0.25) is 15.9 Å². The largest absolute Gasteiger partial charge is 0.475 e. The van der Waals surface area contributed by atoms with Crippen molar-refractivity contribution in [3.05, 3.63) is 59.3 Å². The van der Waals surface area contributed by atoms with Gasteiger partial charge in [-0.05, 0) is 57.0 Å². The third-order valence-corrected chi connectivity index (χ3v) is 6.15. The fourth-order valence-electron chi connectivity index (χ4n) is 3.96. The molecule has 0 radical (unpaired) electrons. The molecule has 1 fully saturated rings. The molecule has 1 aromatic heterocycles. The second kappa shape index (κ2) is 13.1. The number of benzene rings is 1. The highest BCUT2D eigenvalue weighted by atomic mass is 35.5. The van der Waals surface area contributed by atoms with Crippen molar-refractivity contribution in [3.8, 4) is 5.88 Å². The predicted molar refractivity (Wildman–Crippen MR) is 135 cm³/mol. The third-order valence-electron chi connectivity index (χ3n) is 5.49. The number of rotatable bonds is 8. The summed E-state index contributed by atoms with van der Waals surface area (Å²) in [6.45, 7) is 6.25. The van der Waals surface area contributed by atoms with Gasteiger partial charge in [0.05, 0.1) is 12.4 Å². The first kappa shape index (κ1) is 31.4. The first-order chi connectivity index (χ1) is 15.4. The minimum Gasteiger partial charge on any atom is -0.475 e. The fraction of sp³-hybridized carbons (Fsp3) is 0.522. The zero-order chi connectivity index (χ0) is 24.2. The number of nitrogens with one attached hydrogen (secondary N) is 1. The molecule has 0 saturated carbocycles. The monoisotopic (exact) mass is 557 g/mol. The standard InChI is InChI=1S/C23H30F3N3O3S.2ClH/c1-16(2)32-21-6-4-5-20(27-21)18-11-13-29(14-12-18)15-17-7-9-19(10-8-17)22(23(24,25)26)28-33(3,30)31;;/h4-10,16,18,22,28H,11-15H2,1-3H3;2*1H/t22-;;/m0../s1. The first-order valence-electron chi connectivity index (χ1n) is 10.9. The summed E-state index contributed by atoms with van der Waals surface area (Å²) in [6, 6.07) is 9.49. The van der Waals surface area contributed by atoms with E-state index in [2.05, 4.69) is 9.88 Å². The Morgan fingerprint density at radius 3 is 2.20 bits per heavy atom. The highest BCUT2D eigenvalue weighted by molar-refractivity contribution is 7.88. The molecule has 1 atom stereocenters. The summed E-state index contributed by atoms with van der Waals surface area (Å²) >= 11 is 0. The van der Waals surface area contributed by atoms with E-state index in [1.54, 1.807) is 16.9 Å². The molecule has 35 heavy (non-hydrogen) atoms. The van der Waals surface area contributed by atoms with E-state index in [9.17, 15) is 21.6 Å². The summed E-state index contributed by atoms with van der Waals surface area (Å²) in [4.78, 5) is 6.90. The minimum atomic E-state index is -4.72. The van der Waals surface area contributed by atoms with Gasteiger partial charge in [0.15, 0.2) is 0 Å². The molecule has 1 aromatic carbocycles. The molecule has 6 nitrogen and oxygen atoms in total. The molecule has 0 spiro atoms. The minimum absolute atomic E-state index is 0. The molecule has 1 saturated heterocycles. The predicted octanol–water partition coefficient (Wildman–Crippen LogP) is 5.24. The second-order valence-corrected chi connectivity index (χ2v) is 10.5. The summed E-state index contributed by atoms with van der Waals surface area (Å²) in [5.74, 6) is 0.974. The molecule has 0 aliphatic carbocycles. The SMILES string of the molecule is CC(C)Oc1cccc(C2CCN(Cc3ccc([C@H](NS(C)(=O)=O)C(F)(F)F)cc3)CC2)n1.Cl.Cl. The molecule has 198 valence electrons. The van der Waals surface area contributed by atoms with Crippen LogP contribution in [0.15, 0.2) is 42.5 Å². The second-order valence-electron chi connectivity index (χ2n) is 8.72. The molecule has 1 aliphatic heterocycles. The molecule has 0 amide bonds. The lowest BCUT2D eigenvalue weighted by Gasteiger charge is -2.32. The number of pyridine rings is 1. The van der Waals surface area contributed by atoms with Crippen LogP contribution in [0.4, 0.5) is 13.2 Å². The first-order valence-corrected chi connectivity index (χ1v) is 12.8. The lowest BCUT2D eigenvalue weighted by Crippen LogP contribution is -2.37. The molecule has 0 unspecified atom stereocenters. The number of hydrogen-bond acceptors (Lipinski definition) is 5. The summed E-state index contributed by atoms with van der Waals surface area (Å²) in [7, 11) is -4.02. The van der Waals surface area contributed by atoms with Crippen LogP contribution in [0.1, 0.15) is 55.5 Å². The third kappa shape index (κ3) is 9.76. The van der Waals surface area contributed by atoms with Gasteiger partial charge >= 0.3 is 6.18 Å². The zero-order valence-corrected chi connectivity index (χ0v) is 22.2. The fourth-order valence-corrected chi connectivity index (χ4v) is 4.66. The van der Waals surface area contributed by atoms with E-state index in [0.29, 0.717) is 24.6 Å². The summed E-state index contributed by atoms with van der Waals surface area (Å²) < 4.78 is 70.0. The van der Waals surface area contributed by atoms with Crippen LogP contribution in [0.25, 0.3) is 0 Å². The molecule has 1 aliphatic rings. The van der Waals surface area contributed by atoms with Crippen molar-refractivity contribution in [2.75, 3.05) is 19.3 Å². The van der Waals surface area contributed by atoms with Crippen LogP contribution in [0.2, 0.25) is 0 Å². The van der Waals surface area contributed by atoms with Crippen molar-refractivity contribution in [2.24, 2.45) is 0 Å². The molecule has 1 N–H and O–H groups in total. The van der Waals surface area contributed by atoms with Crippen LogP contribution in [0, 0.1) is 0 Å². The number of sulfonamides is 1. The van der Waals surface area contributed by atoms with E-state index in [-0.39, 0.29) is 36.5 Å². The van der Waals surface area contributed by atoms with Crippen LogP contribution < -0.4 is 9.46 Å². The Morgan fingerprint density at radius 2 is 1.69 bits per heavy atom. The number of ether oxygens (including phenoxy) is 1. The molecule has 2 aromatic rings. The van der Waals surface area contributed by atoms with E-state index < -0.39 is 22.2 Å². The maximum absolute atomic E-state index is 13.3. The van der Waals surface area contributed by atoms with Gasteiger partial charge in [-0.15, -0.1) is 24.8 Å².